The van der Waals surface area contributed by atoms with Gasteiger partial charge in [0, 0.05) is 19.2 Å². The fourth-order valence-electron chi connectivity index (χ4n) is 1.85. The lowest BCUT2D eigenvalue weighted by atomic mass is 10.3. The number of hydrogen-bond acceptors (Lipinski definition) is 4. The SMILES string of the molecule is COC[C@@H](C)NC(=O)Nc1ccc(Oc2cccc(F)c2)nc1. The number of carbonyl (C=O) groups excluding carboxylic acids is 1. The Morgan fingerprint density at radius 3 is 2.83 bits per heavy atom. The van der Waals surface area contributed by atoms with Gasteiger partial charge in [-0.15, -0.1) is 0 Å². The minimum atomic E-state index is -0.386. The number of nitrogens with zero attached hydrogens (tertiary/aromatic N) is 1. The topological polar surface area (TPSA) is 72.5 Å². The first-order valence-electron chi connectivity index (χ1n) is 7.03. The van der Waals surface area contributed by atoms with Crippen molar-refractivity contribution in [3.05, 3.63) is 48.4 Å². The van der Waals surface area contributed by atoms with Gasteiger partial charge in [-0.3, -0.25) is 0 Å². The molecule has 2 amide bonds. The molecule has 0 saturated heterocycles. The number of benzene rings is 1. The van der Waals surface area contributed by atoms with Crippen molar-refractivity contribution in [1.29, 1.82) is 0 Å². The van der Waals surface area contributed by atoms with Gasteiger partial charge in [0.15, 0.2) is 0 Å². The summed E-state index contributed by atoms with van der Waals surface area (Å²) in [4.78, 5) is 15.8. The van der Waals surface area contributed by atoms with Crippen molar-refractivity contribution in [3.8, 4) is 11.6 Å². The molecule has 0 aliphatic carbocycles. The molecule has 2 rings (SSSR count). The Morgan fingerprint density at radius 2 is 2.17 bits per heavy atom. The molecule has 0 aliphatic heterocycles. The third-order valence-electron chi connectivity index (χ3n) is 2.81. The highest BCUT2D eigenvalue weighted by molar-refractivity contribution is 5.89. The van der Waals surface area contributed by atoms with Crippen LogP contribution >= 0.6 is 0 Å². The number of amides is 2. The predicted octanol–water partition coefficient (Wildman–Crippen LogP) is 3.17. The Balaban J connectivity index is 1.90. The molecule has 0 spiro atoms. The lowest BCUT2D eigenvalue weighted by Gasteiger charge is -2.13. The molecule has 7 heteroatoms. The molecule has 2 aromatic rings. The second kappa shape index (κ2) is 8.09. The van der Waals surface area contributed by atoms with Gasteiger partial charge >= 0.3 is 6.03 Å². The maximum absolute atomic E-state index is 13.1. The van der Waals surface area contributed by atoms with E-state index in [1.807, 2.05) is 6.92 Å². The van der Waals surface area contributed by atoms with Crippen LogP contribution in [0.25, 0.3) is 0 Å². The Morgan fingerprint density at radius 1 is 1.35 bits per heavy atom. The number of anilines is 1. The molecule has 23 heavy (non-hydrogen) atoms. The van der Waals surface area contributed by atoms with Crippen LogP contribution in [0.15, 0.2) is 42.6 Å². The molecule has 0 fully saturated rings. The summed E-state index contributed by atoms with van der Waals surface area (Å²) in [6.07, 6.45) is 1.45. The first-order valence-corrected chi connectivity index (χ1v) is 7.03. The highest BCUT2D eigenvalue weighted by Gasteiger charge is 2.07. The highest BCUT2D eigenvalue weighted by Crippen LogP contribution is 2.20. The summed E-state index contributed by atoms with van der Waals surface area (Å²) in [5.74, 6) is 0.265. The van der Waals surface area contributed by atoms with Gasteiger partial charge < -0.3 is 20.1 Å². The van der Waals surface area contributed by atoms with Gasteiger partial charge in [-0.2, -0.15) is 0 Å². The number of methoxy groups -OCH3 is 1. The minimum Gasteiger partial charge on any atom is -0.439 e. The minimum absolute atomic E-state index is 0.108. The van der Waals surface area contributed by atoms with Gasteiger partial charge in [-0.05, 0) is 25.1 Å². The average molecular weight is 319 g/mol. The van der Waals surface area contributed by atoms with Crippen LogP contribution < -0.4 is 15.4 Å². The number of carbonyl (C=O) groups is 1. The molecule has 1 heterocycles. The molecule has 122 valence electrons. The van der Waals surface area contributed by atoms with E-state index in [1.165, 1.54) is 18.3 Å². The zero-order chi connectivity index (χ0) is 16.7. The second-order valence-electron chi connectivity index (χ2n) is 4.90. The number of urea groups is 1. The maximum Gasteiger partial charge on any atom is 0.319 e. The summed E-state index contributed by atoms with van der Waals surface area (Å²) >= 11 is 0. The molecule has 1 aromatic carbocycles. The molecular formula is C16H18FN3O3. The van der Waals surface area contributed by atoms with E-state index in [0.29, 0.717) is 23.9 Å². The van der Waals surface area contributed by atoms with Crippen LogP contribution in [0.2, 0.25) is 0 Å². The van der Waals surface area contributed by atoms with E-state index in [0.717, 1.165) is 0 Å². The third-order valence-corrected chi connectivity index (χ3v) is 2.81. The van der Waals surface area contributed by atoms with Crippen LogP contribution in [0.4, 0.5) is 14.9 Å². The van der Waals surface area contributed by atoms with E-state index in [1.54, 1.807) is 31.4 Å². The lowest BCUT2D eigenvalue weighted by Crippen LogP contribution is -2.38. The second-order valence-corrected chi connectivity index (χ2v) is 4.90. The van der Waals surface area contributed by atoms with Crippen LogP contribution in [0.3, 0.4) is 0 Å². The molecule has 1 aromatic heterocycles. The number of hydrogen-bond donors (Lipinski definition) is 2. The maximum atomic E-state index is 13.1. The fourth-order valence-corrected chi connectivity index (χ4v) is 1.85. The molecule has 0 bridgehead atoms. The number of pyridine rings is 1. The molecule has 0 radical (unpaired) electrons. The molecule has 0 aliphatic rings. The number of rotatable bonds is 6. The monoisotopic (exact) mass is 319 g/mol. The van der Waals surface area contributed by atoms with Crippen LogP contribution in [-0.2, 0) is 4.74 Å². The molecular weight excluding hydrogens is 301 g/mol. The standard InChI is InChI=1S/C16H18FN3O3/c1-11(10-22-2)19-16(21)20-13-6-7-15(18-9-13)23-14-5-3-4-12(17)8-14/h3-9,11H,10H2,1-2H3,(H2,19,20,21)/t11-/m1/s1. The number of aromatic nitrogens is 1. The van der Waals surface area contributed by atoms with Crippen molar-refractivity contribution in [2.75, 3.05) is 19.0 Å². The molecule has 2 N–H and O–H groups in total. The summed E-state index contributed by atoms with van der Waals surface area (Å²) in [7, 11) is 1.57. The normalized spacial score (nSPS) is 11.6. The summed E-state index contributed by atoms with van der Waals surface area (Å²) in [6, 6.07) is 8.53. The number of nitrogens with one attached hydrogen (secondary N) is 2. The smallest absolute Gasteiger partial charge is 0.319 e. The van der Waals surface area contributed by atoms with Crippen molar-refractivity contribution in [2.24, 2.45) is 0 Å². The largest absolute Gasteiger partial charge is 0.439 e. The Labute approximate surface area is 133 Å². The van der Waals surface area contributed by atoms with Gasteiger partial charge in [-0.1, -0.05) is 6.07 Å². The zero-order valence-electron chi connectivity index (χ0n) is 12.9. The van der Waals surface area contributed by atoms with E-state index in [2.05, 4.69) is 15.6 Å². The van der Waals surface area contributed by atoms with Crippen molar-refractivity contribution >= 4 is 11.7 Å². The van der Waals surface area contributed by atoms with E-state index in [9.17, 15) is 9.18 Å². The summed E-state index contributed by atoms with van der Waals surface area (Å²) in [5, 5.41) is 5.36. The quantitative estimate of drug-likeness (QED) is 0.858. The van der Waals surface area contributed by atoms with Crippen molar-refractivity contribution in [2.45, 2.75) is 13.0 Å². The third kappa shape index (κ3) is 5.55. The number of halogens is 1. The zero-order valence-corrected chi connectivity index (χ0v) is 12.9. The van der Waals surface area contributed by atoms with Crippen LogP contribution in [0, 0.1) is 5.82 Å². The fraction of sp³-hybridized carbons (Fsp3) is 0.250. The van der Waals surface area contributed by atoms with Gasteiger partial charge in [0.05, 0.1) is 24.5 Å². The van der Waals surface area contributed by atoms with E-state index in [4.69, 9.17) is 9.47 Å². The Kier molecular flexibility index (Phi) is 5.87. The van der Waals surface area contributed by atoms with Crippen molar-refractivity contribution < 1.29 is 18.7 Å². The lowest BCUT2D eigenvalue weighted by molar-refractivity contribution is 0.173. The van der Waals surface area contributed by atoms with E-state index < -0.39 is 0 Å². The average Bonchev–Trinajstić information content (AvgIpc) is 2.49. The summed E-state index contributed by atoms with van der Waals surface area (Å²) in [5.41, 5.74) is 0.513. The molecule has 6 nitrogen and oxygen atoms in total. The van der Waals surface area contributed by atoms with Crippen LogP contribution in [0.5, 0.6) is 11.6 Å². The highest BCUT2D eigenvalue weighted by atomic mass is 19.1. The van der Waals surface area contributed by atoms with Crippen LogP contribution in [0.1, 0.15) is 6.92 Å². The summed E-state index contributed by atoms with van der Waals surface area (Å²) in [6.45, 7) is 2.25. The van der Waals surface area contributed by atoms with Gasteiger partial charge in [-0.25, -0.2) is 14.2 Å². The van der Waals surface area contributed by atoms with Gasteiger partial charge in [0.1, 0.15) is 11.6 Å². The summed E-state index contributed by atoms with van der Waals surface area (Å²) < 4.78 is 23.4. The van der Waals surface area contributed by atoms with E-state index >= 15 is 0 Å². The van der Waals surface area contributed by atoms with Gasteiger partial charge in [0.25, 0.3) is 0 Å². The van der Waals surface area contributed by atoms with E-state index in [-0.39, 0.29) is 17.9 Å². The first kappa shape index (κ1) is 16.7. The molecule has 0 unspecified atom stereocenters. The van der Waals surface area contributed by atoms with Crippen molar-refractivity contribution in [1.82, 2.24) is 10.3 Å². The predicted molar refractivity (Wildman–Crippen MR) is 84.2 cm³/mol. The molecule has 1 atom stereocenters. The Bertz CT molecular complexity index is 649. The molecule has 0 saturated carbocycles. The number of ether oxygens (including phenoxy) is 2. The first-order chi connectivity index (χ1) is 11.1. The Hall–Kier alpha value is -2.67. The van der Waals surface area contributed by atoms with Gasteiger partial charge in [0.2, 0.25) is 5.88 Å². The van der Waals surface area contributed by atoms with Crippen molar-refractivity contribution in [3.63, 3.8) is 0 Å². The van der Waals surface area contributed by atoms with Crippen LogP contribution in [-0.4, -0.2) is 30.8 Å².